The molecule has 4 bridgehead atoms. The zero-order valence-electron chi connectivity index (χ0n) is 16.4. The molecule has 5 aliphatic rings. The van der Waals surface area contributed by atoms with E-state index in [0.717, 1.165) is 36.9 Å². The van der Waals surface area contributed by atoms with Crippen molar-refractivity contribution in [1.29, 1.82) is 0 Å². The van der Waals surface area contributed by atoms with Crippen LogP contribution in [-0.4, -0.2) is 56.5 Å². The van der Waals surface area contributed by atoms with E-state index < -0.39 is 15.8 Å². The van der Waals surface area contributed by atoms with Gasteiger partial charge in [0.25, 0.3) is 0 Å². The molecule has 0 atom stereocenters. The summed E-state index contributed by atoms with van der Waals surface area (Å²) in [6.07, 6.45) is 8.11. The molecule has 0 radical (unpaired) electrons. The van der Waals surface area contributed by atoms with Gasteiger partial charge in [-0.2, -0.15) is 4.31 Å². The second-order valence-corrected chi connectivity index (χ2v) is 11.2. The molecule has 0 N–H and O–H groups in total. The van der Waals surface area contributed by atoms with Crippen LogP contribution in [0.1, 0.15) is 38.5 Å². The van der Waals surface area contributed by atoms with Gasteiger partial charge in [0.15, 0.2) is 0 Å². The minimum absolute atomic E-state index is 0.0711. The van der Waals surface area contributed by atoms with Crippen molar-refractivity contribution in [3.05, 3.63) is 24.0 Å². The fourth-order valence-electron chi connectivity index (χ4n) is 6.85. The Bertz CT molecular complexity index is 829. The Hall–Kier alpha value is -1.18. The zero-order chi connectivity index (χ0) is 19.5. The largest absolute Gasteiger partial charge is 0.495 e. The quantitative estimate of drug-likeness (QED) is 0.768. The van der Waals surface area contributed by atoms with E-state index in [4.69, 9.17) is 4.74 Å². The number of sulfonamides is 1. The second-order valence-electron chi connectivity index (χ2n) is 9.33. The third-order valence-electron chi connectivity index (χ3n) is 7.66. The topological polar surface area (TPSA) is 49.9 Å². The summed E-state index contributed by atoms with van der Waals surface area (Å²) in [6, 6.07) is 3.68. The number of methoxy groups -OCH3 is 1. The van der Waals surface area contributed by atoms with E-state index >= 15 is 0 Å². The van der Waals surface area contributed by atoms with Gasteiger partial charge < -0.3 is 4.74 Å². The summed E-state index contributed by atoms with van der Waals surface area (Å²) in [7, 11) is -2.35. The fraction of sp³-hybridized carbons (Fsp3) is 0.714. The number of piperazine rings is 1. The zero-order valence-corrected chi connectivity index (χ0v) is 17.3. The molecule has 4 saturated carbocycles. The standard InChI is InChI=1S/C21H29FN2O3S/c1-27-19-3-2-18(22)11-20(19)28(25,26)24-6-4-23(5-7-24)21-12-15-8-16(13-21)10-17(9-15)14-21/h2-3,11,15-17H,4-10,12-14H2,1H3. The van der Waals surface area contributed by atoms with E-state index in [2.05, 4.69) is 4.90 Å². The predicted octanol–water partition coefficient (Wildman–Crippen LogP) is 3.11. The molecule has 1 aromatic rings. The van der Waals surface area contributed by atoms with Crippen LogP contribution in [0.4, 0.5) is 4.39 Å². The predicted molar refractivity (Wildman–Crippen MR) is 104 cm³/mol. The molecule has 1 aromatic carbocycles. The highest BCUT2D eigenvalue weighted by molar-refractivity contribution is 7.89. The Kier molecular flexibility index (Phi) is 4.49. The van der Waals surface area contributed by atoms with Crippen molar-refractivity contribution in [2.45, 2.75) is 49.0 Å². The number of rotatable bonds is 4. The summed E-state index contributed by atoms with van der Waals surface area (Å²) in [5.41, 5.74) is 0.307. The maximum Gasteiger partial charge on any atom is 0.246 e. The highest BCUT2D eigenvalue weighted by atomic mass is 32.2. The first kappa shape index (κ1) is 18.8. The third-order valence-corrected chi connectivity index (χ3v) is 9.58. The Morgan fingerprint density at radius 3 is 2.11 bits per heavy atom. The van der Waals surface area contributed by atoms with Crippen LogP contribution in [0.15, 0.2) is 23.1 Å². The second kappa shape index (κ2) is 6.67. The highest BCUT2D eigenvalue weighted by Gasteiger charge is 2.54. The molecule has 0 unspecified atom stereocenters. The fourth-order valence-corrected chi connectivity index (χ4v) is 8.44. The lowest BCUT2D eigenvalue weighted by Gasteiger charge is -2.61. The van der Waals surface area contributed by atoms with Crippen molar-refractivity contribution >= 4 is 10.0 Å². The smallest absolute Gasteiger partial charge is 0.246 e. The first-order valence-electron chi connectivity index (χ1n) is 10.5. The van der Waals surface area contributed by atoms with E-state index in [-0.39, 0.29) is 10.6 Å². The minimum Gasteiger partial charge on any atom is -0.495 e. The average molecular weight is 409 g/mol. The normalized spacial score (nSPS) is 36.0. The molecule has 0 amide bonds. The summed E-state index contributed by atoms with van der Waals surface area (Å²) >= 11 is 0. The van der Waals surface area contributed by atoms with E-state index in [9.17, 15) is 12.8 Å². The van der Waals surface area contributed by atoms with Crippen molar-refractivity contribution < 1.29 is 17.5 Å². The highest BCUT2D eigenvalue weighted by Crippen LogP contribution is 2.57. The lowest BCUT2D eigenvalue weighted by atomic mass is 9.52. The summed E-state index contributed by atoms with van der Waals surface area (Å²) in [5.74, 6) is 2.27. The number of hydrogen-bond acceptors (Lipinski definition) is 4. The van der Waals surface area contributed by atoms with Gasteiger partial charge in [0.1, 0.15) is 16.5 Å². The summed E-state index contributed by atoms with van der Waals surface area (Å²) in [6.45, 7) is 2.46. The van der Waals surface area contributed by atoms with E-state index in [1.165, 1.54) is 62.1 Å². The molecule has 0 spiro atoms. The molecule has 4 aliphatic carbocycles. The van der Waals surface area contributed by atoms with E-state index in [0.29, 0.717) is 18.6 Å². The summed E-state index contributed by atoms with van der Waals surface area (Å²) in [5, 5.41) is 0. The van der Waals surface area contributed by atoms with E-state index in [1.54, 1.807) is 0 Å². The first-order chi connectivity index (χ1) is 13.4. The van der Waals surface area contributed by atoms with Crippen LogP contribution in [0.25, 0.3) is 0 Å². The molecule has 1 saturated heterocycles. The van der Waals surface area contributed by atoms with Crippen molar-refractivity contribution in [2.24, 2.45) is 17.8 Å². The van der Waals surface area contributed by atoms with Crippen LogP contribution in [0.3, 0.4) is 0 Å². The maximum atomic E-state index is 13.7. The minimum atomic E-state index is -3.77. The van der Waals surface area contributed by atoms with Gasteiger partial charge in [-0.1, -0.05) is 0 Å². The lowest BCUT2D eigenvalue weighted by Crippen LogP contribution is -2.64. The molecular weight excluding hydrogens is 379 g/mol. The van der Waals surface area contributed by atoms with Gasteiger partial charge >= 0.3 is 0 Å². The molecule has 28 heavy (non-hydrogen) atoms. The molecule has 154 valence electrons. The SMILES string of the molecule is COc1ccc(F)cc1S(=O)(=O)N1CCN(C23CC4CC(CC(C4)C2)C3)CC1. The molecule has 6 rings (SSSR count). The third kappa shape index (κ3) is 2.97. The number of halogens is 1. The Balaban J connectivity index is 1.33. The maximum absolute atomic E-state index is 13.7. The Morgan fingerprint density at radius 2 is 1.57 bits per heavy atom. The molecule has 5 fully saturated rings. The van der Waals surface area contributed by atoms with Gasteiger partial charge in [0.2, 0.25) is 10.0 Å². The van der Waals surface area contributed by atoms with Gasteiger partial charge in [-0.25, -0.2) is 12.8 Å². The van der Waals surface area contributed by atoms with E-state index in [1.807, 2.05) is 0 Å². The van der Waals surface area contributed by atoms with Crippen LogP contribution in [0.2, 0.25) is 0 Å². The van der Waals surface area contributed by atoms with Crippen molar-refractivity contribution in [3.8, 4) is 5.75 Å². The molecule has 5 nitrogen and oxygen atoms in total. The molecular formula is C21H29FN2O3S. The van der Waals surface area contributed by atoms with Crippen LogP contribution in [0.5, 0.6) is 5.75 Å². The van der Waals surface area contributed by atoms with Gasteiger partial charge in [-0.3, -0.25) is 4.90 Å². The van der Waals surface area contributed by atoms with Crippen LogP contribution in [0, 0.1) is 23.6 Å². The molecule has 1 aliphatic heterocycles. The van der Waals surface area contributed by atoms with Crippen molar-refractivity contribution in [1.82, 2.24) is 9.21 Å². The average Bonchev–Trinajstić information content (AvgIpc) is 2.67. The molecule has 1 heterocycles. The Morgan fingerprint density at radius 1 is 1.00 bits per heavy atom. The summed E-state index contributed by atoms with van der Waals surface area (Å²) < 4.78 is 46.7. The number of benzene rings is 1. The monoisotopic (exact) mass is 408 g/mol. The van der Waals surface area contributed by atoms with Crippen LogP contribution < -0.4 is 4.74 Å². The number of ether oxygens (including phenoxy) is 1. The molecule has 7 heteroatoms. The van der Waals surface area contributed by atoms with Gasteiger partial charge in [0.05, 0.1) is 7.11 Å². The van der Waals surface area contributed by atoms with Crippen molar-refractivity contribution in [2.75, 3.05) is 33.3 Å². The van der Waals surface area contributed by atoms with Gasteiger partial charge in [0, 0.05) is 31.7 Å². The van der Waals surface area contributed by atoms with Gasteiger partial charge in [-0.15, -0.1) is 0 Å². The number of hydrogen-bond donors (Lipinski definition) is 0. The summed E-state index contributed by atoms with van der Waals surface area (Å²) in [4.78, 5) is 2.52. The first-order valence-corrected chi connectivity index (χ1v) is 11.9. The van der Waals surface area contributed by atoms with Crippen LogP contribution >= 0.6 is 0 Å². The van der Waals surface area contributed by atoms with Crippen molar-refractivity contribution in [3.63, 3.8) is 0 Å². The Labute approximate surface area is 166 Å². The van der Waals surface area contributed by atoms with Gasteiger partial charge in [-0.05, 0) is 74.5 Å². The molecule has 0 aromatic heterocycles. The number of nitrogens with zero attached hydrogens (tertiary/aromatic N) is 2. The van der Waals surface area contributed by atoms with Crippen LogP contribution in [-0.2, 0) is 10.0 Å². The lowest BCUT2D eigenvalue weighted by molar-refractivity contribution is -0.0964.